The summed E-state index contributed by atoms with van der Waals surface area (Å²) in [5.41, 5.74) is 0.989. The number of nitrogens with zero attached hydrogens (tertiary/aromatic N) is 1. The average molecular weight is 545 g/mol. The van der Waals surface area contributed by atoms with Gasteiger partial charge >= 0.3 is 0 Å². The van der Waals surface area contributed by atoms with Crippen LogP contribution in [0.1, 0.15) is 31.2 Å². The highest BCUT2D eigenvalue weighted by atomic mass is 32.2. The largest absolute Gasteiger partial charge is 0.497 e. The zero-order chi connectivity index (χ0) is 27.0. The molecule has 0 spiro atoms. The van der Waals surface area contributed by atoms with Crippen molar-refractivity contribution in [2.24, 2.45) is 11.8 Å². The number of rotatable bonds is 13. The molecular formula is C28H36N2O7S. The maximum absolute atomic E-state index is 13.1. The molecule has 0 radical (unpaired) electrons. The highest BCUT2D eigenvalue weighted by Gasteiger charge is 2.35. The van der Waals surface area contributed by atoms with Crippen LogP contribution in [-0.4, -0.2) is 63.4 Å². The van der Waals surface area contributed by atoms with E-state index < -0.39 is 16.3 Å². The SMILES string of the molecule is COc1ccc(S(=O)(=O)N(CCO)CCO[C@@H]2C[C@H](C3CCC3)C=C(C(=O)NCc3ccccc3)O2)cc1. The van der Waals surface area contributed by atoms with E-state index >= 15 is 0 Å². The fraction of sp³-hybridized carbons (Fsp3) is 0.464. The molecule has 2 aromatic carbocycles. The van der Waals surface area contributed by atoms with Crippen LogP contribution in [0, 0.1) is 11.8 Å². The van der Waals surface area contributed by atoms with E-state index in [1.807, 2.05) is 36.4 Å². The Morgan fingerprint density at radius 3 is 2.47 bits per heavy atom. The lowest BCUT2D eigenvalue weighted by Gasteiger charge is -2.37. The number of benzene rings is 2. The van der Waals surface area contributed by atoms with Crippen LogP contribution in [0.5, 0.6) is 5.75 Å². The van der Waals surface area contributed by atoms with Gasteiger partial charge in [0.25, 0.3) is 5.91 Å². The molecule has 0 aromatic heterocycles. The van der Waals surface area contributed by atoms with Crippen LogP contribution in [0.25, 0.3) is 0 Å². The predicted octanol–water partition coefficient (Wildman–Crippen LogP) is 3.06. The van der Waals surface area contributed by atoms with Crippen LogP contribution in [0.2, 0.25) is 0 Å². The molecule has 1 amide bonds. The van der Waals surface area contributed by atoms with Gasteiger partial charge in [-0.05, 0) is 60.6 Å². The van der Waals surface area contributed by atoms with Gasteiger partial charge in [0, 0.05) is 26.1 Å². The van der Waals surface area contributed by atoms with Gasteiger partial charge in [-0.2, -0.15) is 4.31 Å². The van der Waals surface area contributed by atoms with Crippen molar-refractivity contribution in [1.82, 2.24) is 9.62 Å². The molecule has 2 aromatic rings. The first-order valence-corrected chi connectivity index (χ1v) is 14.4. The molecule has 9 nitrogen and oxygen atoms in total. The van der Waals surface area contributed by atoms with Gasteiger partial charge in [-0.3, -0.25) is 4.79 Å². The smallest absolute Gasteiger partial charge is 0.286 e. The molecule has 0 unspecified atom stereocenters. The van der Waals surface area contributed by atoms with Gasteiger partial charge in [0.05, 0.1) is 25.2 Å². The zero-order valence-electron chi connectivity index (χ0n) is 21.6. The first-order chi connectivity index (χ1) is 18.4. The van der Waals surface area contributed by atoms with Crippen molar-refractivity contribution in [2.45, 2.75) is 43.4 Å². The summed E-state index contributed by atoms with van der Waals surface area (Å²) in [4.78, 5) is 13.0. The molecule has 1 saturated carbocycles. The third kappa shape index (κ3) is 7.13. The molecule has 4 rings (SSSR count). The number of aliphatic hydroxyl groups excluding tert-OH is 1. The summed E-state index contributed by atoms with van der Waals surface area (Å²) in [5, 5.41) is 12.4. The second-order valence-corrected chi connectivity index (χ2v) is 11.4. The first kappa shape index (κ1) is 28.1. The number of nitrogens with one attached hydrogen (secondary N) is 1. The molecule has 0 bridgehead atoms. The molecule has 1 fully saturated rings. The van der Waals surface area contributed by atoms with Gasteiger partial charge in [-0.25, -0.2) is 8.42 Å². The molecular weight excluding hydrogens is 508 g/mol. The minimum absolute atomic E-state index is 0.0299. The molecule has 1 heterocycles. The molecule has 2 N–H and O–H groups in total. The van der Waals surface area contributed by atoms with E-state index in [9.17, 15) is 18.3 Å². The highest BCUT2D eigenvalue weighted by Crippen LogP contribution is 2.40. The Hall–Kier alpha value is -2.92. The van der Waals surface area contributed by atoms with Gasteiger partial charge in [0.1, 0.15) is 5.75 Å². The third-order valence-corrected chi connectivity index (χ3v) is 8.97. The van der Waals surface area contributed by atoms with Crippen LogP contribution in [0.15, 0.2) is 71.3 Å². The quantitative estimate of drug-likeness (QED) is 0.398. The van der Waals surface area contributed by atoms with Crippen molar-refractivity contribution in [2.75, 3.05) is 33.4 Å². The van der Waals surface area contributed by atoms with Crippen LogP contribution >= 0.6 is 0 Å². The van der Waals surface area contributed by atoms with Crippen LogP contribution < -0.4 is 10.1 Å². The Kier molecular flexibility index (Phi) is 9.79. The predicted molar refractivity (Wildman–Crippen MR) is 141 cm³/mol. The zero-order valence-corrected chi connectivity index (χ0v) is 22.4. The topological polar surface area (TPSA) is 114 Å². The van der Waals surface area contributed by atoms with Gasteiger partial charge in [-0.15, -0.1) is 0 Å². The summed E-state index contributed by atoms with van der Waals surface area (Å²) in [6.45, 7) is 0.0757. The van der Waals surface area contributed by atoms with E-state index in [0.717, 1.165) is 18.4 Å². The van der Waals surface area contributed by atoms with Crippen molar-refractivity contribution >= 4 is 15.9 Å². The lowest BCUT2D eigenvalue weighted by atomic mass is 9.73. The van der Waals surface area contributed by atoms with Gasteiger partial charge in [-0.1, -0.05) is 36.8 Å². The van der Waals surface area contributed by atoms with E-state index in [-0.39, 0.29) is 48.8 Å². The Bertz CT molecular complexity index is 1180. The number of aliphatic hydroxyl groups is 1. The lowest BCUT2D eigenvalue weighted by Crippen LogP contribution is -2.39. The second-order valence-electron chi connectivity index (χ2n) is 9.51. The Morgan fingerprint density at radius 2 is 1.84 bits per heavy atom. The number of allylic oxidation sites excluding steroid dienone is 1. The van der Waals surface area contributed by atoms with Crippen LogP contribution in [0.3, 0.4) is 0 Å². The minimum atomic E-state index is -3.85. The summed E-state index contributed by atoms with van der Waals surface area (Å²) in [6, 6.07) is 15.7. The Morgan fingerprint density at radius 1 is 1.11 bits per heavy atom. The van der Waals surface area contributed by atoms with Crippen LogP contribution in [0.4, 0.5) is 0 Å². The van der Waals surface area contributed by atoms with Crippen molar-refractivity contribution < 1.29 is 32.5 Å². The first-order valence-electron chi connectivity index (χ1n) is 13.0. The van der Waals surface area contributed by atoms with Crippen molar-refractivity contribution in [3.05, 3.63) is 72.0 Å². The number of carbonyl (C=O) groups excluding carboxylic acids is 1. The van der Waals surface area contributed by atoms with Gasteiger partial charge in [0.2, 0.25) is 16.3 Å². The van der Waals surface area contributed by atoms with E-state index in [1.165, 1.54) is 30.0 Å². The fourth-order valence-corrected chi connectivity index (χ4v) is 6.07. The molecule has 1 aliphatic carbocycles. The van der Waals surface area contributed by atoms with Gasteiger partial charge < -0.3 is 24.6 Å². The number of carbonyl (C=O) groups is 1. The van der Waals surface area contributed by atoms with E-state index in [4.69, 9.17) is 14.2 Å². The monoisotopic (exact) mass is 544 g/mol. The molecule has 2 atom stereocenters. The van der Waals surface area contributed by atoms with E-state index in [0.29, 0.717) is 24.6 Å². The summed E-state index contributed by atoms with van der Waals surface area (Å²) in [7, 11) is -2.34. The van der Waals surface area contributed by atoms with Gasteiger partial charge in [0.15, 0.2) is 5.76 Å². The van der Waals surface area contributed by atoms with Crippen molar-refractivity contribution in [3.8, 4) is 5.75 Å². The highest BCUT2D eigenvalue weighted by molar-refractivity contribution is 7.89. The molecule has 2 aliphatic rings. The standard InChI is InChI=1S/C28H36N2O7S/c1-35-24-10-12-25(13-11-24)38(33,34)30(14-16-31)15-17-36-27-19-23(22-8-5-9-22)18-26(37-27)28(32)29-20-21-6-3-2-4-7-21/h2-4,6-7,10-13,18,22-23,27,31H,5,8-9,14-17,19-20H2,1H3,(H,29,32)/t23-,27+/m1/s1. The molecule has 38 heavy (non-hydrogen) atoms. The fourth-order valence-electron chi connectivity index (χ4n) is 4.65. The summed E-state index contributed by atoms with van der Waals surface area (Å²) >= 11 is 0. The van der Waals surface area contributed by atoms with E-state index in [1.54, 1.807) is 12.1 Å². The van der Waals surface area contributed by atoms with Crippen molar-refractivity contribution in [1.29, 1.82) is 0 Å². The number of amides is 1. The van der Waals surface area contributed by atoms with E-state index in [2.05, 4.69) is 5.32 Å². The Labute approximate surface area is 224 Å². The number of ether oxygens (including phenoxy) is 3. The number of hydrogen-bond acceptors (Lipinski definition) is 7. The molecule has 10 heteroatoms. The normalized spacial score (nSPS) is 19.8. The van der Waals surface area contributed by atoms with Crippen molar-refractivity contribution in [3.63, 3.8) is 0 Å². The molecule has 206 valence electrons. The Balaban J connectivity index is 1.37. The second kappa shape index (κ2) is 13.2. The number of methoxy groups -OCH3 is 1. The third-order valence-electron chi connectivity index (χ3n) is 7.05. The average Bonchev–Trinajstić information content (AvgIpc) is 2.90. The summed E-state index contributed by atoms with van der Waals surface area (Å²) in [6.07, 6.45) is 5.24. The maximum atomic E-state index is 13.1. The summed E-state index contributed by atoms with van der Waals surface area (Å²) < 4.78 is 44.5. The molecule has 0 saturated heterocycles. The number of sulfonamides is 1. The number of hydrogen-bond donors (Lipinski definition) is 2. The maximum Gasteiger partial charge on any atom is 0.286 e. The lowest BCUT2D eigenvalue weighted by molar-refractivity contribution is -0.152. The molecule has 1 aliphatic heterocycles. The minimum Gasteiger partial charge on any atom is -0.497 e. The summed E-state index contributed by atoms with van der Waals surface area (Å²) in [5.74, 6) is 1.15. The van der Waals surface area contributed by atoms with Crippen LogP contribution in [-0.2, 0) is 30.8 Å².